The number of carbonyl (C=O) groups excluding carboxylic acids is 1. The van der Waals surface area contributed by atoms with E-state index in [0.29, 0.717) is 0 Å². The highest BCUT2D eigenvalue weighted by atomic mass is 16.2. The van der Waals surface area contributed by atoms with Gasteiger partial charge in [0, 0.05) is 25.7 Å². The van der Waals surface area contributed by atoms with E-state index < -0.39 is 0 Å². The maximum Gasteiger partial charge on any atom is 0.253 e. The molecule has 80 valence electrons. The minimum absolute atomic E-state index is 0.0540. The van der Waals surface area contributed by atoms with Crippen molar-refractivity contribution < 1.29 is 4.79 Å². The number of carbonyl (C=O) groups is 1. The van der Waals surface area contributed by atoms with Gasteiger partial charge in [0.15, 0.2) is 0 Å². The fourth-order valence-electron chi connectivity index (χ4n) is 2.04. The molecule has 0 bridgehead atoms. The van der Waals surface area contributed by atoms with Crippen molar-refractivity contribution in [1.82, 2.24) is 4.90 Å². The van der Waals surface area contributed by atoms with Crippen LogP contribution < -0.4 is 5.73 Å². The van der Waals surface area contributed by atoms with Gasteiger partial charge in [0.2, 0.25) is 0 Å². The molecule has 0 aliphatic heterocycles. The molecule has 0 saturated heterocycles. The van der Waals surface area contributed by atoms with Gasteiger partial charge in [-0.1, -0.05) is 6.07 Å². The molecular formula is C12H16N2O. The Kier molecular flexibility index (Phi) is 2.49. The summed E-state index contributed by atoms with van der Waals surface area (Å²) in [6.45, 7) is 0. The minimum atomic E-state index is 0.0540. The summed E-state index contributed by atoms with van der Waals surface area (Å²) in [5, 5.41) is 0. The first-order valence-corrected chi connectivity index (χ1v) is 5.19. The molecule has 2 rings (SSSR count). The highest BCUT2D eigenvalue weighted by Gasteiger charge is 2.20. The van der Waals surface area contributed by atoms with Gasteiger partial charge < -0.3 is 10.6 Å². The predicted molar refractivity (Wildman–Crippen MR) is 59.7 cm³/mol. The third kappa shape index (κ3) is 1.75. The standard InChI is InChI=1S/C12H16N2O/c1-14(2)12(15)9-3-5-10-8(7-9)4-6-11(10)13/h3,5,7,11H,4,6,13H2,1-2H3/t11-/m1/s1. The fourth-order valence-corrected chi connectivity index (χ4v) is 2.04. The zero-order chi connectivity index (χ0) is 11.0. The van der Waals surface area contributed by atoms with Crippen LogP contribution in [-0.2, 0) is 6.42 Å². The molecule has 1 aliphatic carbocycles. The van der Waals surface area contributed by atoms with Crippen molar-refractivity contribution in [3.05, 3.63) is 34.9 Å². The van der Waals surface area contributed by atoms with Crippen molar-refractivity contribution in [1.29, 1.82) is 0 Å². The third-order valence-electron chi connectivity index (χ3n) is 2.92. The Labute approximate surface area is 89.9 Å². The molecule has 2 N–H and O–H groups in total. The second-order valence-electron chi connectivity index (χ2n) is 4.26. The average molecular weight is 204 g/mol. The van der Waals surface area contributed by atoms with Gasteiger partial charge >= 0.3 is 0 Å². The molecule has 1 atom stereocenters. The Morgan fingerprint density at radius 1 is 1.47 bits per heavy atom. The summed E-state index contributed by atoms with van der Waals surface area (Å²) in [7, 11) is 3.53. The molecule has 1 aromatic carbocycles. The van der Waals surface area contributed by atoms with Crippen molar-refractivity contribution >= 4 is 5.91 Å². The molecule has 0 saturated carbocycles. The molecule has 1 amide bonds. The first-order chi connectivity index (χ1) is 7.09. The quantitative estimate of drug-likeness (QED) is 0.750. The summed E-state index contributed by atoms with van der Waals surface area (Å²) < 4.78 is 0. The zero-order valence-corrected chi connectivity index (χ0v) is 9.16. The zero-order valence-electron chi connectivity index (χ0n) is 9.16. The van der Waals surface area contributed by atoms with Crippen molar-refractivity contribution in [2.24, 2.45) is 5.73 Å². The summed E-state index contributed by atoms with van der Waals surface area (Å²) in [6.07, 6.45) is 1.99. The van der Waals surface area contributed by atoms with Crippen molar-refractivity contribution in [2.75, 3.05) is 14.1 Å². The van der Waals surface area contributed by atoms with E-state index in [9.17, 15) is 4.79 Å². The van der Waals surface area contributed by atoms with E-state index in [0.717, 1.165) is 18.4 Å². The van der Waals surface area contributed by atoms with Crippen LogP contribution in [0.2, 0.25) is 0 Å². The maximum absolute atomic E-state index is 11.7. The van der Waals surface area contributed by atoms with Gasteiger partial charge in [-0.05, 0) is 36.1 Å². The topological polar surface area (TPSA) is 46.3 Å². The average Bonchev–Trinajstić information content (AvgIpc) is 2.59. The van der Waals surface area contributed by atoms with Crippen LogP contribution in [0.15, 0.2) is 18.2 Å². The first-order valence-electron chi connectivity index (χ1n) is 5.19. The number of nitrogens with zero attached hydrogens (tertiary/aromatic N) is 1. The van der Waals surface area contributed by atoms with E-state index in [1.54, 1.807) is 19.0 Å². The van der Waals surface area contributed by atoms with Crippen LogP contribution in [0.3, 0.4) is 0 Å². The van der Waals surface area contributed by atoms with Gasteiger partial charge in [0.05, 0.1) is 0 Å². The summed E-state index contributed by atoms with van der Waals surface area (Å²) in [5.74, 6) is 0.0540. The lowest BCUT2D eigenvalue weighted by molar-refractivity contribution is 0.0827. The van der Waals surface area contributed by atoms with Crippen molar-refractivity contribution in [3.8, 4) is 0 Å². The monoisotopic (exact) mass is 204 g/mol. The Morgan fingerprint density at radius 3 is 2.87 bits per heavy atom. The van der Waals surface area contributed by atoms with E-state index in [-0.39, 0.29) is 11.9 Å². The third-order valence-corrected chi connectivity index (χ3v) is 2.92. The molecule has 3 heteroatoms. The van der Waals surface area contributed by atoms with E-state index in [4.69, 9.17) is 5.73 Å². The summed E-state index contributed by atoms with van der Waals surface area (Å²) in [5.41, 5.74) is 9.13. The molecule has 0 aromatic heterocycles. The van der Waals surface area contributed by atoms with Gasteiger partial charge in [0.1, 0.15) is 0 Å². The van der Waals surface area contributed by atoms with Crippen molar-refractivity contribution in [2.45, 2.75) is 18.9 Å². The fraction of sp³-hybridized carbons (Fsp3) is 0.417. The maximum atomic E-state index is 11.7. The second-order valence-corrected chi connectivity index (χ2v) is 4.26. The Balaban J connectivity index is 2.35. The SMILES string of the molecule is CN(C)C(=O)c1ccc2c(c1)CC[C@H]2N. The Bertz CT molecular complexity index is 399. The molecule has 0 heterocycles. The molecule has 15 heavy (non-hydrogen) atoms. The molecular weight excluding hydrogens is 188 g/mol. The number of fused-ring (bicyclic) bond motifs is 1. The lowest BCUT2D eigenvalue weighted by atomic mass is 10.0. The van der Waals surface area contributed by atoms with Crippen LogP contribution in [0, 0.1) is 0 Å². The lowest BCUT2D eigenvalue weighted by Gasteiger charge is -2.11. The number of benzene rings is 1. The molecule has 1 aromatic rings. The van der Waals surface area contributed by atoms with Crippen LogP contribution in [0.4, 0.5) is 0 Å². The van der Waals surface area contributed by atoms with Crippen LogP contribution in [0.1, 0.15) is 33.9 Å². The van der Waals surface area contributed by atoms with Gasteiger partial charge in [-0.3, -0.25) is 4.79 Å². The number of hydrogen-bond acceptors (Lipinski definition) is 2. The van der Waals surface area contributed by atoms with E-state index >= 15 is 0 Å². The van der Waals surface area contributed by atoms with Crippen LogP contribution in [0.25, 0.3) is 0 Å². The Morgan fingerprint density at radius 2 is 2.20 bits per heavy atom. The van der Waals surface area contributed by atoms with E-state index in [1.807, 2.05) is 18.2 Å². The van der Waals surface area contributed by atoms with Gasteiger partial charge in [-0.25, -0.2) is 0 Å². The number of nitrogens with two attached hydrogens (primary N) is 1. The number of amides is 1. The van der Waals surface area contributed by atoms with Gasteiger partial charge in [-0.15, -0.1) is 0 Å². The Hall–Kier alpha value is -1.35. The van der Waals surface area contributed by atoms with Gasteiger partial charge in [-0.2, -0.15) is 0 Å². The van der Waals surface area contributed by atoms with Crippen LogP contribution in [-0.4, -0.2) is 24.9 Å². The molecule has 3 nitrogen and oxygen atoms in total. The molecule has 0 spiro atoms. The summed E-state index contributed by atoms with van der Waals surface area (Å²) >= 11 is 0. The number of aryl methyl sites for hydroxylation is 1. The highest BCUT2D eigenvalue weighted by Crippen LogP contribution is 2.29. The molecule has 0 unspecified atom stereocenters. The molecule has 0 radical (unpaired) electrons. The first kappa shape index (κ1) is 10.2. The normalized spacial score (nSPS) is 18.7. The number of rotatable bonds is 1. The lowest BCUT2D eigenvalue weighted by Crippen LogP contribution is -2.21. The van der Waals surface area contributed by atoms with Crippen LogP contribution in [0.5, 0.6) is 0 Å². The minimum Gasteiger partial charge on any atom is -0.345 e. The highest BCUT2D eigenvalue weighted by molar-refractivity contribution is 5.94. The largest absolute Gasteiger partial charge is 0.345 e. The van der Waals surface area contributed by atoms with E-state index in [1.165, 1.54) is 11.1 Å². The molecule has 1 aliphatic rings. The summed E-state index contributed by atoms with van der Waals surface area (Å²) in [6, 6.07) is 5.99. The molecule has 0 fully saturated rings. The smallest absolute Gasteiger partial charge is 0.253 e. The number of hydrogen-bond donors (Lipinski definition) is 1. The predicted octanol–water partition coefficient (Wildman–Crippen LogP) is 1.33. The summed E-state index contributed by atoms with van der Waals surface area (Å²) in [4.78, 5) is 13.3. The van der Waals surface area contributed by atoms with Crippen molar-refractivity contribution in [3.63, 3.8) is 0 Å². The van der Waals surface area contributed by atoms with Crippen LogP contribution >= 0.6 is 0 Å². The van der Waals surface area contributed by atoms with E-state index in [2.05, 4.69) is 0 Å². The van der Waals surface area contributed by atoms with Gasteiger partial charge in [0.25, 0.3) is 5.91 Å². The second kappa shape index (κ2) is 3.66.